The highest BCUT2D eigenvalue weighted by Crippen LogP contribution is 2.07. The van der Waals surface area contributed by atoms with Gasteiger partial charge >= 0.3 is 12.1 Å². The first-order valence-electron chi connectivity index (χ1n) is 5.10. The highest BCUT2D eigenvalue weighted by molar-refractivity contribution is 5.80. The van der Waals surface area contributed by atoms with Gasteiger partial charge in [0.1, 0.15) is 5.60 Å². The Hall–Kier alpha value is -1.30. The summed E-state index contributed by atoms with van der Waals surface area (Å²) in [6.45, 7) is 4.15. The van der Waals surface area contributed by atoms with Gasteiger partial charge in [0.05, 0.1) is 6.10 Å². The summed E-state index contributed by atoms with van der Waals surface area (Å²) in [4.78, 5) is 21.9. The van der Waals surface area contributed by atoms with E-state index in [2.05, 4.69) is 0 Å². The zero-order chi connectivity index (χ0) is 12.9. The summed E-state index contributed by atoms with van der Waals surface area (Å²) in [5.41, 5.74) is -0.994. The lowest BCUT2D eigenvalue weighted by Crippen LogP contribution is -2.49. The zero-order valence-corrected chi connectivity index (χ0v) is 8.98. The molecule has 0 heterocycles. The molecule has 0 fully saturated rings. The molecule has 15 heavy (non-hydrogen) atoms. The van der Waals surface area contributed by atoms with Crippen LogP contribution in [0.25, 0.3) is 0 Å². The molecule has 2 atom stereocenters. The molecule has 0 saturated heterocycles. The van der Waals surface area contributed by atoms with Gasteiger partial charge in [-0.25, -0.2) is 9.59 Å². The Bertz CT molecular complexity index is 267. The van der Waals surface area contributed by atoms with Crippen molar-refractivity contribution in [1.29, 1.82) is 0 Å². The predicted molar refractivity (Wildman–Crippen MR) is 52.5 cm³/mol. The Kier molecular flexibility index (Phi) is 3.90. The van der Waals surface area contributed by atoms with Crippen molar-refractivity contribution in [2.45, 2.75) is 45.4 Å². The first kappa shape index (κ1) is 11.8. The van der Waals surface area contributed by atoms with E-state index < -0.39 is 29.8 Å². The van der Waals surface area contributed by atoms with E-state index in [0.29, 0.717) is 0 Å². The molecular formula is C9H17NO5. The minimum atomic E-state index is -1.42. The number of aliphatic hydroxyl groups is 1. The molecule has 3 N–H and O–H groups in total. The summed E-state index contributed by atoms with van der Waals surface area (Å²) in [5, 5.41) is 19.8. The van der Waals surface area contributed by atoms with E-state index in [0.717, 1.165) is 0 Å². The average molecular weight is 220 g/mol. The Balaban J connectivity index is 4.37. The van der Waals surface area contributed by atoms with E-state index in [4.69, 9.17) is 16.3 Å². The van der Waals surface area contributed by atoms with Gasteiger partial charge in [-0.1, -0.05) is 0 Å². The Morgan fingerprint density at radius 3 is 2.40 bits per heavy atom. The summed E-state index contributed by atoms with van der Waals surface area (Å²) in [7, 11) is 0. The van der Waals surface area contributed by atoms with Crippen molar-refractivity contribution in [1.82, 2.24) is 5.32 Å². The second-order valence-corrected chi connectivity index (χ2v) is 3.85. The number of alkyl carbamates (subject to hydrolysis) is 1. The molecule has 0 aromatic heterocycles. The second-order valence-electron chi connectivity index (χ2n) is 3.85. The highest BCUT2D eigenvalue weighted by atomic mass is 16.6. The maximum absolute atomic E-state index is 11.2. The van der Waals surface area contributed by atoms with E-state index in [1.165, 1.54) is 20.8 Å². The number of carboxylic acid groups (broad SMARTS) is 1. The normalized spacial score (nSPS) is 16.1. The molecule has 0 radical (unpaired) electrons. The lowest BCUT2D eigenvalue weighted by Gasteiger charge is -2.22. The highest BCUT2D eigenvalue weighted by Gasteiger charge is 2.27. The van der Waals surface area contributed by atoms with Crippen LogP contribution in [-0.2, 0) is 9.53 Å². The zero-order valence-electron chi connectivity index (χ0n) is 9.98. The first-order chi connectivity index (χ1) is 7.19. The molecule has 0 rings (SSSR count). The van der Waals surface area contributed by atoms with Crippen LogP contribution in [-0.4, -0.2) is 40.0 Å². The number of aliphatic hydroxyl groups excluding tert-OH is 1. The minimum Gasteiger partial charge on any atom is -0.480 e. The van der Waals surface area contributed by atoms with Gasteiger partial charge < -0.3 is 20.3 Å². The Morgan fingerprint density at radius 2 is 2.07 bits per heavy atom. The molecule has 6 nitrogen and oxygen atoms in total. The van der Waals surface area contributed by atoms with Gasteiger partial charge in [-0.2, -0.15) is 0 Å². The van der Waals surface area contributed by atoms with Crippen LogP contribution in [0.1, 0.15) is 29.0 Å². The van der Waals surface area contributed by atoms with Crippen molar-refractivity contribution in [2.75, 3.05) is 0 Å². The fourth-order valence-corrected chi connectivity index (χ4v) is 0.796. The third-order valence-corrected chi connectivity index (χ3v) is 1.39. The first-order valence-corrected chi connectivity index (χ1v) is 4.39. The number of amides is 1. The molecule has 0 aliphatic rings. The quantitative estimate of drug-likeness (QED) is 0.637. The molecule has 0 unspecified atom stereocenters. The lowest BCUT2D eigenvalue weighted by atomic mass is 10.2. The summed E-state index contributed by atoms with van der Waals surface area (Å²) in [5.74, 6) is -1.35. The summed E-state index contributed by atoms with van der Waals surface area (Å²) in [6, 6.07) is -1.42. The molecule has 0 spiro atoms. The molecule has 88 valence electrons. The summed E-state index contributed by atoms with van der Waals surface area (Å²) >= 11 is 0. The van der Waals surface area contributed by atoms with Gasteiger partial charge in [0.2, 0.25) is 0 Å². The van der Waals surface area contributed by atoms with E-state index >= 15 is 0 Å². The van der Waals surface area contributed by atoms with Crippen LogP contribution in [0.3, 0.4) is 0 Å². The van der Waals surface area contributed by atoms with Crippen molar-refractivity contribution in [2.24, 2.45) is 0 Å². The molecule has 0 aromatic carbocycles. The third kappa shape index (κ3) is 5.90. The minimum absolute atomic E-state index is 0.146. The van der Waals surface area contributed by atoms with Crippen LogP contribution in [0.2, 0.25) is 0 Å². The lowest BCUT2D eigenvalue weighted by molar-refractivity contribution is -0.142. The topological polar surface area (TPSA) is 95.9 Å². The van der Waals surface area contributed by atoms with Gasteiger partial charge in [-0.05, 0) is 27.7 Å². The van der Waals surface area contributed by atoms with Gasteiger partial charge in [0, 0.05) is 1.37 Å². The fourth-order valence-electron chi connectivity index (χ4n) is 0.796. The van der Waals surface area contributed by atoms with Crippen LogP contribution in [0.4, 0.5) is 4.79 Å². The average Bonchev–Trinajstić information content (AvgIpc) is 2.12. The van der Waals surface area contributed by atoms with E-state index in [1.807, 2.05) is 5.32 Å². The molecule has 1 amide bonds. The van der Waals surface area contributed by atoms with E-state index in [1.54, 1.807) is 0 Å². The van der Waals surface area contributed by atoms with Crippen LogP contribution in [0, 0.1) is 0 Å². The monoisotopic (exact) mass is 220 g/mol. The third-order valence-electron chi connectivity index (χ3n) is 1.39. The number of hydrogen-bond donors (Lipinski definition) is 3. The molecule has 0 aliphatic heterocycles. The fraction of sp³-hybridized carbons (Fsp3) is 0.778. The number of carboxylic acids is 1. The van der Waals surface area contributed by atoms with Crippen LogP contribution < -0.4 is 5.32 Å². The molecule has 0 saturated carbocycles. The Morgan fingerprint density at radius 1 is 1.53 bits per heavy atom. The summed E-state index contributed by atoms with van der Waals surface area (Å²) < 4.78 is 11.9. The van der Waals surface area contributed by atoms with Crippen molar-refractivity contribution in [3.05, 3.63) is 0 Å². The van der Waals surface area contributed by atoms with Gasteiger partial charge in [-0.3, -0.25) is 0 Å². The number of nitrogens with one attached hydrogen (secondary N) is 1. The SMILES string of the molecule is [2H]CC(C)(C)OC(=O)N[C@H](C(=O)O)[C@H](C)O. The molecule has 0 aromatic rings. The van der Waals surface area contributed by atoms with Crippen molar-refractivity contribution in [3.8, 4) is 0 Å². The molecular weight excluding hydrogens is 202 g/mol. The predicted octanol–water partition coefficient (Wildman–Crippen LogP) is 0.345. The number of carbonyl (C=O) groups excluding carboxylic acids is 1. The number of carbonyl (C=O) groups is 2. The van der Waals surface area contributed by atoms with Crippen molar-refractivity contribution < 1.29 is 25.9 Å². The van der Waals surface area contributed by atoms with Crippen molar-refractivity contribution in [3.63, 3.8) is 0 Å². The number of hydrogen-bond acceptors (Lipinski definition) is 4. The molecule has 6 heteroatoms. The maximum Gasteiger partial charge on any atom is 0.408 e. The second kappa shape index (κ2) is 4.97. The van der Waals surface area contributed by atoms with Gasteiger partial charge in [-0.15, -0.1) is 0 Å². The van der Waals surface area contributed by atoms with Crippen LogP contribution in [0.15, 0.2) is 0 Å². The smallest absolute Gasteiger partial charge is 0.408 e. The largest absolute Gasteiger partial charge is 0.480 e. The van der Waals surface area contributed by atoms with E-state index in [9.17, 15) is 9.59 Å². The number of ether oxygens (including phenoxy) is 1. The molecule has 0 bridgehead atoms. The summed E-state index contributed by atoms with van der Waals surface area (Å²) in [6.07, 6.45) is -2.20. The number of rotatable bonds is 3. The Labute approximate surface area is 89.6 Å². The van der Waals surface area contributed by atoms with Gasteiger partial charge in [0.25, 0.3) is 0 Å². The number of aliphatic carboxylic acids is 1. The van der Waals surface area contributed by atoms with Crippen LogP contribution >= 0.6 is 0 Å². The van der Waals surface area contributed by atoms with Crippen molar-refractivity contribution >= 4 is 12.1 Å². The molecule has 0 aliphatic carbocycles. The standard InChI is InChI=1S/C9H17NO5/c1-5(11)6(7(12)13)10-8(14)15-9(2,3)4/h5-6,11H,1-4H3,(H,10,14)(H,12,13)/t5-,6-/m0/s1/i2D. The van der Waals surface area contributed by atoms with Crippen LogP contribution in [0.5, 0.6) is 0 Å². The van der Waals surface area contributed by atoms with Gasteiger partial charge in [0.15, 0.2) is 6.04 Å². The maximum atomic E-state index is 11.2. The van der Waals surface area contributed by atoms with E-state index in [-0.39, 0.29) is 6.90 Å².